The first-order valence-electron chi connectivity index (χ1n) is 4.51. The average molecular weight is 293 g/mol. The molecule has 0 aliphatic heterocycles. The molecule has 0 amide bonds. The molecule has 0 saturated carbocycles. The molecular formula is C10H10Cl2N2O2S. The molecule has 0 aliphatic carbocycles. The van der Waals surface area contributed by atoms with E-state index in [1.54, 1.807) is 18.2 Å². The normalized spacial score (nSPS) is 11.7. The third kappa shape index (κ3) is 4.77. The van der Waals surface area contributed by atoms with Gasteiger partial charge < -0.3 is 0 Å². The summed E-state index contributed by atoms with van der Waals surface area (Å²) in [6, 6.07) is 4.76. The van der Waals surface area contributed by atoms with Crippen molar-refractivity contribution >= 4 is 45.1 Å². The van der Waals surface area contributed by atoms with Gasteiger partial charge in [0.15, 0.2) is 0 Å². The second-order valence-electron chi connectivity index (χ2n) is 3.25. The number of hydrogen-bond donors (Lipinski definition) is 2. The average Bonchev–Trinajstić information content (AvgIpc) is 2.18. The van der Waals surface area contributed by atoms with Crippen LogP contribution in [0.3, 0.4) is 0 Å². The van der Waals surface area contributed by atoms with Gasteiger partial charge in [-0.05, 0) is 30.7 Å². The largest absolute Gasteiger partial charge is 0.288 e. The van der Waals surface area contributed by atoms with Gasteiger partial charge in [-0.25, -0.2) is 8.42 Å². The van der Waals surface area contributed by atoms with Crippen molar-refractivity contribution in [2.75, 3.05) is 0 Å². The van der Waals surface area contributed by atoms with Crippen molar-refractivity contribution in [1.82, 2.24) is 4.72 Å². The van der Waals surface area contributed by atoms with Crippen LogP contribution in [0.25, 0.3) is 6.08 Å². The molecule has 17 heavy (non-hydrogen) atoms. The minimum absolute atomic E-state index is 0.149. The molecule has 0 saturated heterocycles. The molecule has 1 rings (SSSR count). The van der Waals surface area contributed by atoms with E-state index in [1.165, 1.54) is 13.0 Å². The highest BCUT2D eigenvalue weighted by Crippen LogP contribution is 2.23. The smallest absolute Gasteiger partial charge is 0.255 e. The summed E-state index contributed by atoms with van der Waals surface area (Å²) in [6.07, 6.45) is 1.37. The molecule has 0 spiro atoms. The Bertz CT molecular complexity index is 568. The van der Waals surface area contributed by atoms with Crippen molar-refractivity contribution in [3.05, 3.63) is 39.2 Å². The van der Waals surface area contributed by atoms with Crippen LogP contribution in [0.2, 0.25) is 10.0 Å². The summed E-state index contributed by atoms with van der Waals surface area (Å²) < 4.78 is 24.8. The Morgan fingerprint density at radius 1 is 1.35 bits per heavy atom. The summed E-state index contributed by atoms with van der Waals surface area (Å²) in [5, 5.41) is 8.75. The number of sulfonamides is 1. The third-order valence-electron chi connectivity index (χ3n) is 1.68. The SMILES string of the molecule is CC(=N)NS(=O)(=O)/C=C/c1ccc(Cl)c(Cl)c1. The highest BCUT2D eigenvalue weighted by atomic mass is 35.5. The van der Waals surface area contributed by atoms with Crippen molar-refractivity contribution in [2.45, 2.75) is 6.92 Å². The summed E-state index contributed by atoms with van der Waals surface area (Å²) in [6.45, 7) is 1.34. The number of halogens is 2. The van der Waals surface area contributed by atoms with Gasteiger partial charge in [-0.2, -0.15) is 0 Å². The van der Waals surface area contributed by atoms with E-state index in [0.29, 0.717) is 15.6 Å². The highest BCUT2D eigenvalue weighted by molar-refractivity contribution is 7.93. The lowest BCUT2D eigenvalue weighted by atomic mass is 10.2. The molecule has 0 aromatic heterocycles. The molecule has 92 valence electrons. The van der Waals surface area contributed by atoms with Gasteiger partial charge in [-0.15, -0.1) is 0 Å². The van der Waals surface area contributed by atoms with Crippen molar-refractivity contribution in [3.63, 3.8) is 0 Å². The van der Waals surface area contributed by atoms with Crippen LogP contribution in [0.5, 0.6) is 0 Å². The molecule has 0 atom stereocenters. The number of rotatable bonds is 3. The van der Waals surface area contributed by atoms with Crippen LogP contribution in [-0.4, -0.2) is 14.3 Å². The van der Waals surface area contributed by atoms with Crippen molar-refractivity contribution in [1.29, 1.82) is 5.41 Å². The van der Waals surface area contributed by atoms with Crippen LogP contribution in [0.15, 0.2) is 23.6 Å². The van der Waals surface area contributed by atoms with Crippen LogP contribution in [-0.2, 0) is 10.0 Å². The first-order chi connectivity index (χ1) is 7.80. The van der Waals surface area contributed by atoms with Crippen LogP contribution in [0.1, 0.15) is 12.5 Å². The fraction of sp³-hybridized carbons (Fsp3) is 0.100. The molecule has 0 radical (unpaired) electrons. The van der Waals surface area contributed by atoms with Crippen molar-refractivity contribution in [3.8, 4) is 0 Å². The maximum Gasteiger partial charge on any atom is 0.255 e. The van der Waals surface area contributed by atoms with Gasteiger partial charge in [-0.1, -0.05) is 29.3 Å². The Hall–Kier alpha value is -1.04. The topological polar surface area (TPSA) is 70.0 Å². The second-order valence-corrected chi connectivity index (χ2v) is 5.63. The maximum atomic E-state index is 11.4. The van der Waals surface area contributed by atoms with E-state index in [2.05, 4.69) is 0 Å². The molecule has 1 aromatic rings. The fourth-order valence-electron chi connectivity index (χ4n) is 1.03. The van der Waals surface area contributed by atoms with Crippen LogP contribution >= 0.6 is 23.2 Å². The number of amidine groups is 1. The zero-order chi connectivity index (χ0) is 13.1. The monoisotopic (exact) mass is 292 g/mol. The van der Waals surface area contributed by atoms with Gasteiger partial charge in [0.05, 0.1) is 15.5 Å². The van der Waals surface area contributed by atoms with E-state index in [9.17, 15) is 8.42 Å². The van der Waals surface area contributed by atoms with E-state index in [1.807, 2.05) is 4.72 Å². The molecule has 4 nitrogen and oxygen atoms in total. The van der Waals surface area contributed by atoms with E-state index in [0.717, 1.165) is 5.41 Å². The Morgan fingerprint density at radius 3 is 2.53 bits per heavy atom. The van der Waals surface area contributed by atoms with Gasteiger partial charge in [0.25, 0.3) is 10.0 Å². The van der Waals surface area contributed by atoms with Crippen LogP contribution in [0, 0.1) is 5.41 Å². The maximum absolute atomic E-state index is 11.4. The minimum Gasteiger partial charge on any atom is -0.288 e. The first kappa shape index (κ1) is 14.0. The van der Waals surface area contributed by atoms with Gasteiger partial charge in [0.2, 0.25) is 0 Å². The quantitative estimate of drug-likeness (QED) is 0.664. The van der Waals surface area contributed by atoms with E-state index in [4.69, 9.17) is 28.6 Å². The molecule has 1 aromatic carbocycles. The van der Waals surface area contributed by atoms with Crippen LogP contribution in [0.4, 0.5) is 0 Å². The fourth-order valence-corrected chi connectivity index (χ4v) is 2.17. The standard InChI is InChI=1S/C10H10Cl2N2O2S/c1-7(13)14-17(15,16)5-4-8-2-3-9(11)10(12)6-8/h2-6H,1H3,(H2,13,14)/b5-4+. The first-order valence-corrected chi connectivity index (χ1v) is 6.81. The highest BCUT2D eigenvalue weighted by Gasteiger charge is 2.04. The lowest BCUT2D eigenvalue weighted by Crippen LogP contribution is -2.25. The summed E-state index contributed by atoms with van der Waals surface area (Å²) in [5.41, 5.74) is 0.604. The summed E-state index contributed by atoms with van der Waals surface area (Å²) in [7, 11) is -3.63. The molecule has 0 heterocycles. The van der Waals surface area contributed by atoms with Gasteiger partial charge in [0.1, 0.15) is 5.84 Å². The van der Waals surface area contributed by atoms with Crippen molar-refractivity contribution in [2.24, 2.45) is 0 Å². The molecule has 7 heteroatoms. The molecular weight excluding hydrogens is 283 g/mol. The lowest BCUT2D eigenvalue weighted by Gasteiger charge is -2.01. The summed E-state index contributed by atoms with van der Waals surface area (Å²) >= 11 is 11.5. The Kier molecular flexibility index (Phi) is 4.56. The molecule has 0 unspecified atom stereocenters. The van der Waals surface area contributed by atoms with Crippen molar-refractivity contribution < 1.29 is 8.42 Å². The van der Waals surface area contributed by atoms with Gasteiger partial charge >= 0.3 is 0 Å². The zero-order valence-electron chi connectivity index (χ0n) is 8.87. The Morgan fingerprint density at radius 2 is 2.00 bits per heavy atom. The van der Waals surface area contributed by atoms with E-state index < -0.39 is 10.0 Å². The van der Waals surface area contributed by atoms with Gasteiger partial charge in [-0.3, -0.25) is 10.1 Å². The summed E-state index contributed by atoms with van der Waals surface area (Å²) in [5.74, 6) is -0.149. The molecule has 0 bridgehead atoms. The Labute approximate surface area is 110 Å². The minimum atomic E-state index is -3.63. The predicted octanol–water partition coefficient (Wildman–Crippen LogP) is 2.88. The second kappa shape index (κ2) is 5.53. The molecule has 0 aliphatic rings. The predicted molar refractivity (Wildman–Crippen MR) is 71.0 cm³/mol. The van der Waals surface area contributed by atoms with Gasteiger partial charge in [0, 0.05) is 0 Å². The number of benzene rings is 1. The van der Waals surface area contributed by atoms with Crippen LogP contribution < -0.4 is 4.72 Å². The molecule has 0 fully saturated rings. The van der Waals surface area contributed by atoms with E-state index >= 15 is 0 Å². The molecule has 2 N–H and O–H groups in total. The number of hydrogen-bond acceptors (Lipinski definition) is 3. The number of nitrogens with one attached hydrogen (secondary N) is 2. The zero-order valence-corrected chi connectivity index (χ0v) is 11.2. The Balaban J connectivity index is 2.91. The third-order valence-corrected chi connectivity index (χ3v) is 3.50. The lowest BCUT2D eigenvalue weighted by molar-refractivity contribution is 0.601. The summed E-state index contributed by atoms with van der Waals surface area (Å²) in [4.78, 5) is 0. The van der Waals surface area contributed by atoms with E-state index in [-0.39, 0.29) is 5.84 Å².